The number of halogens is 1. The van der Waals surface area contributed by atoms with E-state index in [2.05, 4.69) is 59.1 Å². The molecule has 4 rings (SSSR count). The topological polar surface area (TPSA) is 67.9 Å². The molecular weight excluding hydrogens is 358 g/mol. The van der Waals surface area contributed by atoms with Crippen LogP contribution >= 0.6 is 15.9 Å². The molecule has 1 aromatic carbocycles. The minimum absolute atomic E-state index is 0.280. The molecule has 3 aromatic rings. The van der Waals surface area contributed by atoms with Gasteiger partial charge in [-0.25, -0.2) is 9.97 Å². The van der Waals surface area contributed by atoms with Crippen LogP contribution < -0.4 is 0 Å². The molecule has 0 bridgehead atoms. The van der Waals surface area contributed by atoms with Gasteiger partial charge in [0.2, 0.25) is 17.5 Å². The van der Waals surface area contributed by atoms with E-state index in [1.54, 1.807) is 18.5 Å². The lowest BCUT2D eigenvalue weighted by molar-refractivity contribution is 0.117. The largest absolute Gasteiger partial charge is 0.338 e. The third kappa shape index (κ3) is 3.02. The molecule has 0 unspecified atom stereocenters. The summed E-state index contributed by atoms with van der Waals surface area (Å²) in [6.07, 6.45) is 3.34. The van der Waals surface area contributed by atoms with Crippen LogP contribution in [0.4, 0.5) is 0 Å². The summed E-state index contributed by atoms with van der Waals surface area (Å²) in [5.74, 6) is 1.88. The highest BCUT2D eigenvalue weighted by molar-refractivity contribution is 9.10. The molecule has 0 atom stereocenters. The van der Waals surface area contributed by atoms with Crippen LogP contribution in [-0.4, -0.2) is 38.1 Å². The average Bonchev–Trinajstić information content (AvgIpc) is 3.02. The molecule has 0 radical (unpaired) electrons. The van der Waals surface area contributed by atoms with E-state index in [9.17, 15) is 0 Å². The van der Waals surface area contributed by atoms with E-state index in [1.165, 1.54) is 5.56 Å². The first-order valence-corrected chi connectivity index (χ1v) is 8.15. The molecule has 0 spiro atoms. The zero-order chi connectivity index (χ0) is 15.6. The van der Waals surface area contributed by atoms with Crippen LogP contribution in [0.2, 0.25) is 0 Å². The van der Waals surface area contributed by atoms with E-state index in [1.807, 2.05) is 6.07 Å². The van der Waals surface area contributed by atoms with Gasteiger partial charge in [-0.05, 0) is 17.7 Å². The molecule has 1 fully saturated rings. The zero-order valence-corrected chi connectivity index (χ0v) is 13.8. The van der Waals surface area contributed by atoms with Gasteiger partial charge in [-0.3, -0.25) is 4.90 Å². The molecule has 1 aliphatic rings. The maximum absolute atomic E-state index is 5.37. The second-order valence-corrected chi connectivity index (χ2v) is 6.37. The Kier molecular flexibility index (Phi) is 3.88. The first-order chi connectivity index (χ1) is 11.3. The van der Waals surface area contributed by atoms with E-state index >= 15 is 0 Å². The van der Waals surface area contributed by atoms with Crippen molar-refractivity contribution in [2.45, 2.75) is 12.5 Å². The predicted molar refractivity (Wildman–Crippen MR) is 87.5 cm³/mol. The SMILES string of the molecule is Brc1ccccc1CN1CC(c2nc(-c3ncccn3)no2)C1. The van der Waals surface area contributed by atoms with Crippen molar-refractivity contribution >= 4 is 15.9 Å². The lowest BCUT2D eigenvalue weighted by Crippen LogP contribution is -2.44. The molecule has 23 heavy (non-hydrogen) atoms. The second-order valence-electron chi connectivity index (χ2n) is 5.51. The van der Waals surface area contributed by atoms with Crippen LogP contribution in [0.1, 0.15) is 17.4 Å². The fraction of sp³-hybridized carbons (Fsp3) is 0.250. The van der Waals surface area contributed by atoms with Crippen molar-refractivity contribution in [2.75, 3.05) is 13.1 Å². The molecule has 2 aromatic heterocycles. The van der Waals surface area contributed by atoms with Gasteiger partial charge < -0.3 is 4.52 Å². The van der Waals surface area contributed by atoms with Gasteiger partial charge >= 0.3 is 0 Å². The zero-order valence-electron chi connectivity index (χ0n) is 12.3. The Morgan fingerprint density at radius 2 is 1.87 bits per heavy atom. The van der Waals surface area contributed by atoms with E-state index < -0.39 is 0 Å². The molecule has 0 saturated carbocycles. The molecule has 7 heteroatoms. The third-order valence-electron chi connectivity index (χ3n) is 3.87. The maximum atomic E-state index is 5.37. The minimum Gasteiger partial charge on any atom is -0.338 e. The quantitative estimate of drug-likeness (QED) is 0.702. The predicted octanol–water partition coefficient (Wildman–Crippen LogP) is 2.89. The Labute approximate surface area is 141 Å². The molecule has 3 heterocycles. The van der Waals surface area contributed by atoms with Crippen LogP contribution in [0, 0.1) is 0 Å². The summed E-state index contributed by atoms with van der Waals surface area (Å²) in [5.41, 5.74) is 1.29. The van der Waals surface area contributed by atoms with Gasteiger partial charge in [0.05, 0.1) is 5.92 Å². The van der Waals surface area contributed by atoms with Crippen molar-refractivity contribution in [3.8, 4) is 11.6 Å². The summed E-state index contributed by atoms with van der Waals surface area (Å²) >= 11 is 3.59. The van der Waals surface area contributed by atoms with Crippen molar-refractivity contribution in [1.29, 1.82) is 0 Å². The molecule has 0 N–H and O–H groups in total. The Morgan fingerprint density at radius 1 is 1.09 bits per heavy atom. The highest BCUT2D eigenvalue weighted by Gasteiger charge is 2.33. The van der Waals surface area contributed by atoms with Gasteiger partial charge in [0.25, 0.3) is 0 Å². The van der Waals surface area contributed by atoms with Crippen molar-refractivity contribution in [2.24, 2.45) is 0 Å². The number of benzene rings is 1. The summed E-state index contributed by atoms with van der Waals surface area (Å²) in [6.45, 7) is 2.75. The summed E-state index contributed by atoms with van der Waals surface area (Å²) in [6, 6.07) is 10.0. The normalized spacial score (nSPS) is 15.5. The van der Waals surface area contributed by atoms with E-state index in [0.29, 0.717) is 17.5 Å². The highest BCUT2D eigenvalue weighted by atomic mass is 79.9. The van der Waals surface area contributed by atoms with Crippen LogP contribution in [0.15, 0.2) is 51.7 Å². The number of hydrogen-bond acceptors (Lipinski definition) is 6. The van der Waals surface area contributed by atoms with E-state index in [4.69, 9.17) is 4.52 Å². The van der Waals surface area contributed by atoms with Crippen LogP contribution in [0.5, 0.6) is 0 Å². The maximum Gasteiger partial charge on any atom is 0.240 e. The van der Waals surface area contributed by atoms with Crippen molar-refractivity contribution < 1.29 is 4.52 Å². The number of rotatable bonds is 4. The summed E-state index contributed by atoms with van der Waals surface area (Å²) < 4.78 is 6.51. The van der Waals surface area contributed by atoms with Crippen LogP contribution in [0.3, 0.4) is 0 Å². The molecule has 6 nitrogen and oxygen atoms in total. The molecule has 1 aliphatic heterocycles. The van der Waals surface area contributed by atoms with Crippen LogP contribution in [0.25, 0.3) is 11.6 Å². The van der Waals surface area contributed by atoms with Gasteiger partial charge in [-0.1, -0.05) is 39.3 Å². The van der Waals surface area contributed by atoms with Gasteiger partial charge in [0, 0.05) is 36.5 Å². The number of hydrogen-bond donors (Lipinski definition) is 0. The molecule has 1 saturated heterocycles. The number of aromatic nitrogens is 4. The first-order valence-electron chi connectivity index (χ1n) is 7.36. The Balaban J connectivity index is 1.39. The highest BCUT2D eigenvalue weighted by Crippen LogP contribution is 2.29. The first kappa shape index (κ1) is 14.5. The number of nitrogens with zero attached hydrogens (tertiary/aromatic N) is 5. The van der Waals surface area contributed by atoms with Crippen LogP contribution in [-0.2, 0) is 6.54 Å². The minimum atomic E-state index is 0.280. The van der Waals surface area contributed by atoms with Crippen molar-refractivity contribution in [3.05, 3.63) is 58.7 Å². The Hall–Kier alpha value is -2.12. The fourth-order valence-corrected chi connectivity index (χ4v) is 3.04. The van der Waals surface area contributed by atoms with Crippen molar-refractivity contribution in [3.63, 3.8) is 0 Å². The monoisotopic (exact) mass is 371 g/mol. The van der Waals surface area contributed by atoms with Gasteiger partial charge in [0.1, 0.15) is 0 Å². The second kappa shape index (κ2) is 6.17. The molecule has 0 aliphatic carbocycles. The average molecular weight is 372 g/mol. The lowest BCUT2D eigenvalue weighted by Gasteiger charge is -2.37. The standard InChI is InChI=1S/C16H14BrN5O/c17-13-5-2-1-4-11(13)8-22-9-12(10-22)16-20-15(21-23-16)14-18-6-3-7-19-14/h1-7,12H,8-10H2. The summed E-state index contributed by atoms with van der Waals surface area (Å²) in [5, 5.41) is 3.98. The summed E-state index contributed by atoms with van der Waals surface area (Å²) in [4.78, 5) is 15.0. The van der Waals surface area contributed by atoms with Gasteiger partial charge in [0.15, 0.2) is 0 Å². The number of likely N-dealkylation sites (tertiary alicyclic amines) is 1. The van der Waals surface area contributed by atoms with E-state index in [0.717, 1.165) is 24.1 Å². The third-order valence-corrected chi connectivity index (χ3v) is 4.64. The van der Waals surface area contributed by atoms with Gasteiger partial charge in [-0.15, -0.1) is 0 Å². The Morgan fingerprint density at radius 3 is 2.65 bits per heavy atom. The smallest absolute Gasteiger partial charge is 0.240 e. The van der Waals surface area contributed by atoms with Crippen molar-refractivity contribution in [1.82, 2.24) is 25.0 Å². The summed E-state index contributed by atoms with van der Waals surface area (Å²) in [7, 11) is 0. The van der Waals surface area contributed by atoms with E-state index in [-0.39, 0.29) is 5.92 Å². The molecular formula is C16H14BrN5O. The van der Waals surface area contributed by atoms with Gasteiger partial charge in [-0.2, -0.15) is 4.98 Å². The fourth-order valence-electron chi connectivity index (χ4n) is 2.63. The Bertz CT molecular complexity index is 801. The lowest BCUT2D eigenvalue weighted by atomic mass is 9.99. The molecule has 0 amide bonds. The molecule has 116 valence electrons.